The summed E-state index contributed by atoms with van der Waals surface area (Å²) in [6, 6.07) is 6.85. The molecule has 0 radical (unpaired) electrons. The van der Waals surface area contributed by atoms with E-state index in [4.69, 9.17) is 14.6 Å². The van der Waals surface area contributed by atoms with Crippen LogP contribution in [0.5, 0.6) is 11.5 Å². The maximum Gasteiger partial charge on any atom is 0.313 e. The van der Waals surface area contributed by atoms with Gasteiger partial charge in [-0.2, -0.15) is 0 Å². The molecule has 1 aromatic carbocycles. The molecule has 14 heavy (non-hydrogen) atoms. The topological polar surface area (TPSA) is 55.8 Å². The minimum absolute atomic E-state index is 0.0158. The third-order valence-corrected chi connectivity index (χ3v) is 1.61. The van der Waals surface area contributed by atoms with Crippen molar-refractivity contribution in [1.29, 1.82) is 0 Å². The van der Waals surface area contributed by atoms with Crippen LogP contribution in [0.2, 0.25) is 0 Å². The molecule has 1 aromatic rings. The fourth-order valence-corrected chi connectivity index (χ4v) is 0.968. The first-order valence-electron chi connectivity index (χ1n) is 4.22. The molecule has 0 aliphatic carbocycles. The molecular weight excluding hydrogens is 184 g/mol. The average molecular weight is 196 g/mol. The van der Waals surface area contributed by atoms with E-state index in [9.17, 15) is 4.79 Å². The summed E-state index contributed by atoms with van der Waals surface area (Å²) in [5, 5.41) is 8.51. The van der Waals surface area contributed by atoms with E-state index in [1.54, 1.807) is 24.3 Å². The summed E-state index contributed by atoms with van der Waals surface area (Å²) in [6.07, 6.45) is -0.0158. The number of rotatable bonds is 4. The van der Waals surface area contributed by atoms with E-state index in [1.165, 1.54) is 7.11 Å². The summed E-state index contributed by atoms with van der Waals surface area (Å²) in [5.41, 5.74) is 0. The minimum atomic E-state index is -0.475. The zero-order valence-electron chi connectivity index (χ0n) is 7.90. The van der Waals surface area contributed by atoms with Crippen molar-refractivity contribution in [2.75, 3.05) is 13.7 Å². The van der Waals surface area contributed by atoms with Crippen LogP contribution in [-0.2, 0) is 4.79 Å². The summed E-state index contributed by atoms with van der Waals surface area (Å²) < 4.78 is 9.94. The molecule has 4 heteroatoms. The van der Waals surface area contributed by atoms with Crippen LogP contribution in [0.4, 0.5) is 0 Å². The Morgan fingerprint density at radius 2 is 2.00 bits per heavy atom. The maximum absolute atomic E-state index is 11.0. The number of aliphatic hydroxyl groups is 1. The van der Waals surface area contributed by atoms with E-state index in [0.717, 1.165) is 0 Å². The lowest BCUT2D eigenvalue weighted by atomic mass is 10.3. The molecule has 0 unspecified atom stereocenters. The molecule has 0 atom stereocenters. The van der Waals surface area contributed by atoms with Crippen molar-refractivity contribution < 1.29 is 19.4 Å². The Labute approximate surface area is 82.1 Å². The van der Waals surface area contributed by atoms with Crippen molar-refractivity contribution in [3.8, 4) is 11.5 Å². The highest BCUT2D eigenvalue weighted by Gasteiger charge is 2.07. The molecule has 0 amide bonds. The molecule has 0 saturated carbocycles. The van der Waals surface area contributed by atoms with Gasteiger partial charge in [-0.05, 0) is 12.1 Å². The molecule has 0 saturated heterocycles. The molecule has 1 N–H and O–H groups in total. The monoisotopic (exact) mass is 196 g/mol. The zero-order valence-corrected chi connectivity index (χ0v) is 7.90. The second-order valence-electron chi connectivity index (χ2n) is 2.60. The van der Waals surface area contributed by atoms with E-state index >= 15 is 0 Å². The van der Waals surface area contributed by atoms with Crippen LogP contribution in [0.25, 0.3) is 0 Å². The number of hydrogen-bond acceptors (Lipinski definition) is 4. The lowest BCUT2D eigenvalue weighted by Crippen LogP contribution is -2.10. The van der Waals surface area contributed by atoms with Gasteiger partial charge in [0, 0.05) is 0 Å². The summed E-state index contributed by atoms with van der Waals surface area (Å²) in [7, 11) is 1.50. The number of esters is 1. The highest BCUT2D eigenvalue weighted by Crippen LogP contribution is 2.25. The largest absolute Gasteiger partial charge is 0.493 e. The number of benzene rings is 1. The van der Waals surface area contributed by atoms with Gasteiger partial charge >= 0.3 is 5.97 Å². The number of para-hydroxylation sites is 2. The van der Waals surface area contributed by atoms with Gasteiger partial charge in [0.1, 0.15) is 0 Å². The van der Waals surface area contributed by atoms with Crippen molar-refractivity contribution in [3.05, 3.63) is 24.3 Å². The predicted octanol–water partition coefficient (Wildman–Crippen LogP) is 0.983. The minimum Gasteiger partial charge on any atom is -0.493 e. The average Bonchev–Trinajstić information content (AvgIpc) is 2.19. The van der Waals surface area contributed by atoms with Crippen LogP contribution in [0, 0.1) is 0 Å². The third kappa shape index (κ3) is 2.74. The van der Waals surface area contributed by atoms with Crippen LogP contribution in [0.3, 0.4) is 0 Å². The molecule has 0 spiro atoms. The molecule has 0 aliphatic heterocycles. The van der Waals surface area contributed by atoms with Gasteiger partial charge in [-0.1, -0.05) is 12.1 Å². The second-order valence-corrected chi connectivity index (χ2v) is 2.60. The van der Waals surface area contributed by atoms with E-state index in [0.29, 0.717) is 11.5 Å². The number of aliphatic hydroxyl groups excluding tert-OH is 1. The summed E-state index contributed by atoms with van der Waals surface area (Å²) >= 11 is 0. The normalized spacial score (nSPS) is 9.57. The first kappa shape index (κ1) is 10.5. The molecular formula is C10H12O4. The van der Waals surface area contributed by atoms with Crippen LogP contribution in [0.15, 0.2) is 24.3 Å². The number of ether oxygens (including phenoxy) is 2. The van der Waals surface area contributed by atoms with E-state index in [2.05, 4.69) is 0 Å². The van der Waals surface area contributed by atoms with Crippen LogP contribution >= 0.6 is 0 Å². The summed E-state index contributed by atoms with van der Waals surface area (Å²) in [6.45, 7) is -0.214. The molecule has 0 aromatic heterocycles. The van der Waals surface area contributed by atoms with Crippen molar-refractivity contribution in [2.45, 2.75) is 6.42 Å². The maximum atomic E-state index is 11.0. The Kier molecular flexibility index (Phi) is 3.94. The number of methoxy groups -OCH3 is 1. The van der Waals surface area contributed by atoms with Gasteiger partial charge in [0.05, 0.1) is 20.1 Å². The van der Waals surface area contributed by atoms with Gasteiger partial charge in [-0.15, -0.1) is 0 Å². The van der Waals surface area contributed by atoms with Crippen LogP contribution in [-0.4, -0.2) is 24.8 Å². The number of carbonyl (C=O) groups is 1. The Morgan fingerprint density at radius 3 is 2.57 bits per heavy atom. The fourth-order valence-electron chi connectivity index (χ4n) is 0.968. The Hall–Kier alpha value is -1.55. The van der Waals surface area contributed by atoms with Crippen molar-refractivity contribution in [1.82, 2.24) is 0 Å². The molecule has 76 valence electrons. The summed E-state index contributed by atoms with van der Waals surface area (Å²) in [4.78, 5) is 11.0. The first-order chi connectivity index (χ1) is 6.77. The highest BCUT2D eigenvalue weighted by molar-refractivity contribution is 5.73. The molecule has 0 bridgehead atoms. The van der Waals surface area contributed by atoms with E-state index in [1.807, 2.05) is 0 Å². The quantitative estimate of drug-likeness (QED) is 0.576. The smallest absolute Gasteiger partial charge is 0.313 e. The van der Waals surface area contributed by atoms with E-state index < -0.39 is 5.97 Å². The number of carbonyl (C=O) groups excluding carboxylic acids is 1. The lowest BCUT2D eigenvalue weighted by Gasteiger charge is -2.07. The highest BCUT2D eigenvalue weighted by atomic mass is 16.6. The molecule has 1 rings (SSSR count). The van der Waals surface area contributed by atoms with Gasteiger partial charge in [0.15, 0.2) is 11.5 Å². The van der Waals surface area contributed by atoms with Gasteiger partial charge in [-0.3, -0.25) is 4.79 Å². The molecule has 0 heterocycles. The standard InChI is InChI=1S/C10H12O4/c1-13-8-4-2-3-5-9(8)14-10(12)6-7-11/h2-5,11H,6-7H2,1H3. The van der Waals surface area contributed by atoms with Gasteiger partial charge in [0.25, 0.3) is 0 Å². The van der Waals surface area contributed by atoms with Gasteiger partial charge < -0.3 is 14.6 Å². The first-order valence-corrected chi connectivity index (χ1v) is 4.22. The zero-order chi connectivity index (χ0) is 10.4. The molecule has 0 aliphatic rings. The Bertz CT molecular complexity index is 309. The molecule has 4 nitrogen and oxygen atoms in total. The SMILES string of the molecule is COc1ccccc1OC(=O)CCO. The van der Waals surface area contributed by atoms with E-state index in [-0.39, 0.29) is 13.0 Å². The predicted molar refractivity (Wildman–Crippen MR) is 50.3 cm³/mol. The Balaban J connectivity index is 2.70. The lowest BCUT2D eigenvalue weighted by molar-refractivity contribution is -0.135. The third-order valence-electron chi connectivity index (χ3n) is 1.61. The van der Waals surface area contributed by atoms with Crippen molar-refractivity contribution in [2.24, 2.45) is 0 Å². The fraction of sp³-hybridized carbons (Fsp3) is 0.300. The second kappa shape index (κ2) is 5.24. The Morgan fingerprint density at radius 1 is 1.36 bits per heavy atom. The van der Waals surface area contributed by atoms with Gasteiger partial charge in [0.2, 0.25) is 0 Å². The van der Waals surface area contributed by atoms with Crippen molar-refractivity contribution >= 4 is 5.97 Å². The van der Waals surface area contributed by atoms with Crippen molar-refractivity contribution in [3.63, 3.8) is 0 Å². The van der Waals surface area contributed by atoms with Crippen LogP contribution in [0.1, 0.15) is 6.42 Å². The van der Waals surface area contributed by atoms with Crippen LogP contribution < -0.4 is 9.47 Å². The van der Waals surface area contributed by atoms with Gasteiger partial charge in [-0.25, -0.2) is 0 Å². The number of hydrogen-bond donors (Lipinski definition) is 1. The molecule has 0 fully saturated rings. The summed E-state index contributed by atoms with van der Waals surface area (Å²) in [5.74, 6) is 0.393.